The van der Waals surface area contributed by atoms with E-state index in [0.29, 0.717) is 6.42 Å². The van der Waals surface area contributed by atoms with Crippen molar-refractivity contribution in [3.63, 3.8) is 0 Å². The number of benzene rings is 3. The summed E-state index contributed by atoms with van der Waals surface area (Å²) in [6.07, 6.45) is 0.334. The zero-order valence-corrected chi connectivity index (χ0v) is 23.8. The molecule has 0 saturated carbocycles. The number of nitrogens with one attached hydrogen (secondary N) is 1. The van der Waals surface area contributed by atoms with E-state index in [0.717, 1.165) is 9.87 Å². The van der Waals surface area contributed by atoms with Gasteiger partial charge in [0.25, 0.3) is 10.0 Å². The Balaban J connectivity index is 2.08. The van der Waals surface area contributed by atoms with Crippen molar-refractivity contribution < 1.29 is 18.0 Å². The Labute approximate surface area is 234 Å². The molecule has 0 spiro atoms. The Kier molecular flexibility index (Phi) is 10.2. The quantitative estimate of drug-likeness (QED) is 0.326. The summed E-state index contributed by atoms with van der Waals surface area (Å²) in [5.41, 5.74) is 0.866. The molecule has 0 aliphatic heterocycles. The fourth-order valence-electron chi connectivity index (χ4n) is 4.00. The highest BCUT2D eigenvalue weighted by Crippen LogP contribution is 2.35. The molecule has 202 valence electrons. The monoisotopic (exact) mass is 575 g/mol. The summed E-state index contributed by atoms with van der Waals surface area (Å²) in [6.45, 7) is 5.01. The molecule has 38 heavy (non-hydrogen) atoms. The van der Waals surface area contributed by atoms with Crippen molar-refractivity contribution >= 4 is 50.7 Å². The number of hydrogen-bond acceptors (Lipinski definition) is 4. The van der Waals surface area contributed by atoms with Crippen LogP contribution >= 0.6 is 23.2 Å². The molecule has 10 heteroatoms. The van der Waals surface area contributed by atoms with E-state index in [2.05, 4.69) is 5.32 Å². The smallest absolute Gasteiger partial charge is 0.264 e. The Morgan fingerprint density at radius 3 is 2.08 bits per heavy atom. The van der Waals surface area contributed by atoms with Gasteiger partial charge in [-0.2, -0.15) is 0 Å². The minimum absolute atomic E-state index is 0.000625. The summed E-state index contributed by atoms with van der Waals surface area (Å²) >= 11 is 12.7. The lowest BCUT2D eigenvalue weighted by Gasteiger charge is -2.33. The first-order valence-corrected chi connectivity index (χ1v) is 14.4. The van der Waals surface area contributed by atoms with Crippen LogP contribution in [-0.2, 0) is 26.2 Å². The van der Waals surface area contributed by atoms with Crippen molar-refractivity contribution in [3.05, 3.63) is 94.5 Å². The molecule has 1 atom stereocenters. The molecule has 2 amide bonds. The van der Waals surface area contributed by atoms with Crippen LogP contribution in [0.2, 0.25) is 10.0 Å². The topological polar surface area (TPSA) is 86.8 Å². The number of nitrogens with zero attached hydrogens (tertiary/aromatic N) is 2. The van der Waals surface area contributed by atoms with E-state index in [1.54, 1.807) is 24.3 Å². The number of halogens is 2. The lowest BCUT2D eigenvalue weighted by Crippen LogP contribution is -2.53. The Bertz CT molecular complexity index is 1350. The standard InChI is InChI=1S/C28H31Cl2N3O4S/c1-4-24(28(35)31-20(2)3)32(18-21-12-7-5-8-13-21)26(34)19-33(25-17-11-16-23(29)27(25)30)38(36,37)22-14-9-6-10-15-22/h5-17,20,24H,4,18-19H2,1-3H3,(H,31,35)/t24-/m0/s1. The van der Waals surface area contributed by atoms with Crippen molar-refractivity contribution in [2.24, 2.45) is 0 Å². The van der Waals surface area contributed by atoms with Gasteiger partial charge in [-0.3, -0.25) is 13.9 Å². The van der Waals surface area contributed by atoms with Crippen molar-refractivity contribution in [3.8, 4) is 0 Å². The number of carbonyl (C=O) groups excluding carboxylic acids is 2. The summed E-state index contributed by atoms with van der Waals surface area (Å²) in [5.74, 6) is -0.875. The largest absolute Gasteiger partial charge is 0.352 e. The van der Waals surface area contributed by atoms with Gasteiger partial charge in [0.2, 0.25) is 11.8 Å². The zero-order chi connectivity index (χ0) is 27.9. The van der Waals surface area contributed by atoms with Gasteiger partial charge in [0.1, 0.15) is 12.6 Å². The summed E-state index contributed by atoms with van der Waals surface area (Å²) in [6, 6.07) is 20.6. The predicted octanol–water partition coefficient (Wildman–Crippen LogP) is 5.52. The average Bonchev–Trinajstić information content (AvgIpc) is 2.89. The lowest BCUT2D eigenvalue weighted by molar-refractivity contribution is -0.140. The summed E-state index contributed by atoms with van der Waals surface area (Å²) in [5, 5.41) is 3.02. The van der Waals surface area contributed by atoms with Gasteiger partial charge >= 0.3 is 0 Å². The fourth-order valence-corrected chi connectivity index (χ4v) is 5.89. The Morgan fingerprint density at radius 2 is 1.50 bits per heavy atom. The number of anilines is 1. The predicted molar refractivity (Wildman–Crippen MR) is 152 cm³/mol. The van der Waals surface area contributed by atoms with E-state index in [1.807, 2.05) is 51.1 Å². The number of carbonyl (C=O) groups is 2. The molecule has 0 saturated heterocycles. The SMILES string of the molecule is CC[C@@H](C(=O)NC(C)C)N(Cc1ccccc1)C(=O)CN(c1cccc(Cl)c1Cl)S(=O)(=O)c1ccccc1. The van der Waals surface area contributed by atoms with Gasteiger partial charge in [-0.05, 0) is 50.1 Å². The number of hydrogen-bond donors (Lipinski definition) is 1. The van der Waals surface area contributed by atoms with Crippen LogP contribution in [0.1, 0.15) is 32.8 Å². The third-order valence-electron chi connectivity index (χ3n) is 5.82. The van der Waals surface area contributed by atoms with E-state index in [9.17, 15) is 18.0 Å². The molecular formula is C28H31Cl2N3O4S. The van der Waals surface area contributed by atoms with Gasteiger partial charge in [0, 0.05) is 12.6 Å². The molecule has 0 aliphatic rings. The molecule has 3 rings (SSSR count). The minimum Gasteiger partial charge on any atom is -0.352 e. The van der Waals surface area contributed by atoms with Crippen LogP contribution < -0.4 is 9.62 Å². The van der Waals surface area contributed by atoms with Crippen molar-refractivity contribution in [2.75, 3.05) is 10.8 Å². The first kappa shape index (κ1) is 29.5. The summed E-state index contributed by atoms with van der Waals surface area (Å²) in [4.78, 5) is 28.5. The molecule has 0 unspecified atom stereocenters. The maximum absolute atomic E-state index is 14.0. The van der Waals surface area contributed by atoms with E-state index >= 15 is 0 Å². The second-order valence-electron chi connectivity index (χ2n) is 8.99. The maximum Gasteiger partial charge on any atom is 0.264 e. The van der Waals surface area contributed by atoms with Gasteiger partial charge in [0.15, 0.2) is 0 Å². The van der Waals surface area contributed by atoms with Crippen LogP contribution in [-0.4, -0.2) is 43.8 Å². The second-order valence-corrected chi connectivity index (χ2v) is 11.6. The molecule has 0 fully saturated rings. The molecule has 1 N–H and O–H groups in total. The van der Waals surface area contributed by atoms with E-state index < -0.39 is 28.5 Å². The third-order valence-corrected chi connectivity index (χ3v) is 8.41. The molecule has 7 nitrogen and oxygen atoms in total. The highest BCUT2D eigenvalue weighted by molar-refractivity contribution is 7.92. The maximum atomic E-state index is 14.0. The minimum atomic E-state index is -4.22. The highest BCUT2D eigenvalue weighted by Gasteiger charge is 2.34. The number of amides is 2. The van der Waals surface area contributed by atoms with Gasteiger partial charge in [-0.15, -0.1) is 0 Å². The van der Waals surface area contributed by atoms with Crippen molar-refractivity contribution in [1.29, 1.82) is 0 Å². The lowest BCUT2D eigenvalue weighted by atomic mass is 10.1. The van der Waals surface area contributed by atoms with Crippen LogP contribution in [0.25, 0.3) is 0 Å². The van der Waals surface area contributed by atoms with Gasteiger partial charge in [0.05, 0.1) is 20.6 Å². The number of sulfonamides is 1. The molecule has 0 heterocycles. The first-order valence-electron chi connectivity index (χ1n) is 12.2. The molecular weight excluding hydrogens is 545 g/mol. The van der Waals surface area contributed by atoms with Crippen molar-refractivity contribution in [1.82, 2.24) is 10.2 Å². The summed E-state index contributed by atoms with van der Waals surface area (Å²) in [7, 11) is -4.22. The average molecular weight is 577 g/mol. The van der Waals surface area contributed by atoms with Crippen LogP contribution in [0, 0.1) is 0 Å². The van der Waals surface area contributed by atoms with Gasteiger partial charge in [-0.25, -0.2) is 8.42 Å². The Hall–Kier alpha value is -3.07. The summed E-state index contributed by atoms with van der Waals surface area (Å²) < 4.78 is 28.6. The van der Waals surface area contributed by atoms with Crippen LogP contribution in [0.15, 0.2) is 83.8 Å². The molecule has 3 aromatic rings. The molecule has 0 aromatic heterocycles. The number of rotatable bonds is 11. The molecule has 3 aromatic carbocycles. The zero-order valence-electron chi connectivity index (χ0n) is 21.5. The second kappa shape index (κ2) is 13.1. The fraction of sp³-hybridized carbons (Fsp3) is 0.286. The van der Waals surface area contributed by atoms with Gasteiger partial charge < -0.3 is 10.2 Å². The van der Waals surface area contributed by atoms with Crippen molar-refractivity contribution in [2.45, 2.75) is 50.7 Å². The van der Waals surface area contributed by atoms with E-state index in [-0.39, 0.29) is 39.1 Å². The van der Waals surface area contributed by atoms with E-state index in [1.165, 1.54) is 29.2 Å². The van der Waals surface area contributed by atoms with Crippen LogP contribution in [0.3, 0.4) is 0 Å². The van der Waals surface area contributed by atoms with Gasteiger partial charge in [-0.1, -0.05) is 84.7 Å². The van der Waals surface area contributed by atoms with Crippen LogP contribution in [0.4, 0.5) is 5.69 Å². The molecule has 0 aliphatic carbocycles. The normalized spacial score (nSPS) is 12.2. The van der Waals surface area contributed by atoms with Crippen LogP contribution in [0.5, 0.6) is 0 Å². The first-order chi connectivity index (χ1) is 18.1. The third kappa shape index (κ3) is 7.07. The Morgan fingerprint density at radius 1 is 0.895 bits per heavy atom. The van der Waals surface area contributed by atoms with E-state index in [4.69, 9.17) is 23.2 Å². The molecule has 0 bridgehead atoms. The molecule has 0 radical (unpaired) electrons. The highest BCUT2D eigenvalue weighted by atomic mass is 35.5.